The largest absolute Gasteiger partial charge is 0.497 e. The van der Waals surface area contributed by atoms with E-state index < -0.39 is 4.92 Å². The quantitative estimate of drug-likeness (QED) is 0.567. The number of nitrogens with one attached hydrogen (secondary N) is 1. The monoisotopic (exact) mass is 355 g/mol. The second kappa shape index (κ2) is 6.10. The summed E-state index contributed by atoms with van der Waals surface area (Å²) in [5, 5.41) is 19.9. The van der Waals surface area contributed by atoms with E-state index >= 15 is 0 Å². The first-order valence-electron chi connectivity index (χ1n) is 7.43. The fraction of sp³-hybridized carbons (Fsp3) is 0.125. The molecule has 9 heteroatoms. The number of non-ortho nitro benzene ring substituents is 1. The van der Waals surface area contributed by atoms with Crippen LogP contribution >= 0.6 is 11.8 Å². The van der Waals surface area contributed by atoms with Gasteiger partial charge in [-0.05, 0) is 42.0 Å². The lowest BCUT2D eigenvalue weighted by Gasteiger charge is -2.12. The summed E-state index contributed by atoms with van der Waals surface area (Å²) in [7, 11) is 1.62. The van der Waals surface area contributed by atoms with Gasteiger partial charge in [0.25, 0.3) is 5.69 Å². The summed E-state index contributed by atoms with van der Waals surface area (Å²) in [6, 6.07) is 14.1. The van der Waals surface area contributed by atoms with Crippen molar-refractivity contribution >= 4 is 17.4 Å². The molecule has 1 N–H and O–H groups in total. The highest BCUT2D eigenvalue weighted by atomic mass is 32.2. The molecule has 0 spiro atoms. The van der Waals surface area contributed by atoms with Crippen molar-refractivity contribution in [2.45, 2.75) is 10.5 Å². The number of ether oxygens (including phenoxy) is 1. The number of nitro groups is 1. The van der Waals surface area contributed by atoms with Gasteiger partial charge in [-0.15, -0.1) is 10.2 Å². The third-order valence-electron chi connectivity index (χ3n) is 3.86. The molecule has 1 aromatic heterocycles. The molecule has 25 heavy (non-hydrogen) atoms. The number of fused-ring (bicyclic) bond motifs is 1. The third-order valence-corrected chi connectivity index (χ3v) is 4.95. The Morgan fingerprint density at radius 1 is 1.16 bits per heavy atom. The van der Waals surface area contributed by atoms with E-state index in [1.54, 1.807) is 19.2 Å². The Kier molecular flexibility index (Phi) is 3.77. The van der Waals surface area contributed by atoms with Crippen LogP contribution in [0.4, 0.5) is 5.69 Å². The Hall–Kier alpha value is -3.07. The van der Waals surface area contributed by atoms with Crippen LogP contribution in [0.5, 0.6) is 5.75 Å². The van der Waals surface area contributed by atoms with Crippen LogP contribution in [0.2, 0.25) is 0 Å². The molecule has 126 valence electrons. The summed E-state index contributed by atoms with van der Waals surface area (Å²) in [6.45, 7) is 0. The van der Waals surface area contributed by atoms with Crippen LogP contribution in [0.1, 0.15) is 10.9 Å². The summed E-state index contributed by atoms with van der Waals surface area (Å²) < 4.78 is 7.00. The average Bonchev–Trinajstić information content (AvgIpc) is 3.22. The van der Waals surface area contributed by atoms with Gasteiger partial charge in [0, 0.05) is 17.7 Å². The molecule has 2 aromatic carbocycles. The number of hydrogen-bond donors (Lipinski definition) is 1. The van der Waals surface area contributed by atoms with Crippen LogP contribution in [-0.2, 0) is 0 Å². The molecule has 1 aliphatic rings. The number of nitro benzene ring substituents is 1. The number of thioether (sulfide) groups is 1. The maximum atomic E-state index is 10.8. The fourth-order valence-electron chi connectivity index (χ4n) is 2.55. The van der Waals surface area contributed by atoms with Gasteiger partial charge in [-0.2, -0.15) is 0 Å². The third kappa shape index (κ3) is 2.78. The topological polar surface area (TPSA) is 95.1 Å². The zero-order valence-corrected chi connectivity index (χ0v) is 13.9. The van der Waals surface area contributed by atoms with Gasteiger partial charge in [-0.3, -0.25) is 10.1 Å². The van der Waals surface area contributed by atoms with Crippen molar-refractivity contribution in [2.24, 2.45) is 0 Å². The van der Waals surface area contributed by atoms with E-state index in [2.05, 4.69) is 15.6 Å². The summed E-state index contributed by atoms with van der Waals surface area (Å²) in [4.78, 5) is 10.4. The molecule has 2 heterocycles. The van der Waals surface area contributed by atoms with Gasteiger partial charge < -0.3 is 10.2 Å². The highest BCUT2D eigenvalue weighted by Gasteiger charge is 2.28. The molecule has 1 unspecified atom stereocenters. The first kappa shape index (κ1) is 15.5. The SMILES string of the molecule is COc1ccc(-c2nnc3n2NC(c2ccc([N+](=O)[O-])cc2)S3)cc1. The lowest BCUT2D eigenvalue weighted by molar-refractivity contribution is -0.384. The molecule has 8 nitrogen and oxygen atoms in total. The Bertz CT molecular complexity index is 924. The van der Waals surface area contributed by atoms with Crippen LogP contribution in [0.25, 0.3) is 11.4 Å². The smallest absolute Gasteiger partial charge is 0.269 e. The Morgan fingerprint density at radius 2 is 1.88 bits per heavy atom. The van der Waals surface area contributed by atoms with Crippen molar-refractivity contribution in [1.29, 1.82) is 0 Å². The van der Waals surface area contributed by atoms with Crippen molar-refractivity contribution in [3.8, 4) is 17.1 Å². The van der Waals surface area contributed by atoms with Crippen LogP contribution in [-0.4, -0.2) is 26.9 Å². The number of methoxy groups -OCH3 is 1. The fourth-order valence-corrected chi connectivity index (χ4v) is 3.55. The highest BCUT2D eigenvalue weighted by molar-refractivity contribution is 7.99. The normalized spacial score (nSPS) is 15.5. The minimum atomic E-state index is -0.407. The standard InChI is InChI=1S/C16H13N5O3S/c1-24-13-8-4-10(5-9-13)14-17-18-16-20(14)19-15(25-16)11-2-6-12(7-3-11)21(22)23/h2-9,15,19H,1H3. The molecular formula is C16H13N5O3S. The van der Waals surface area contributed by atoms with E-state index in [9.17, 15) is 10.1 Å². The van der Waals surface area contributed by atoms with Gasteiger partial charge in [0.15, 0.2) is 5.82 Å². The van der Waals surface area contributed by atoms with Gasteiger partial charge in [-0.25, -0.2) is 4.68 Å². The van der Waals surface area contributed by atoms with Gasteiger partial charge in [0.1, 0.15) is 11.1 Å². The maximum absolute atomic E-state index is 10.8. The molecule has 0 aliphatic carbocycles. The maximum Gasteiger partial charge on any atom is 0.269 e. The second-order valence-corrected chi connectivity index (χ2v) is 6.42. The van der Waals surface area contributed by atoms with Crippen LogP contribution in [0.3, 0.4) is 0 Å². The second-order valence-electron chi connectivity index (χ2n) is 5.35. The van der Waals surface area contributed by atoms with Gasteiger partial charge in [0.2, 0.25) is 5.16 Å². The van der Waals surface area contributed by atoms with Crippen molar-refractivity contribution in [3.63, 3.8) is 0 Å². The predicted molar refractivity (Wildman–Crippen MR) is 93.1 cm³/mol. The van der Waals surface area contributed by atoms with Crippen molar-refractivity contribution in [2.75, 3.05) is 12.5 Å². The minimum Gasteiger partial charge on any atom is -0.497 e. The van der Waals surface area contributed by atoms with Gasteiger partial charge >= 0.3 is 0 Å². The van der Waals surface area contributed by atoms with E-state index in [0.29, 0.717) is 5.82 Å². The van der Waals surface area contributed by atoms with Crippen molar-refractivity contribution in [3.05, 3.63) is 64.2 Å². The van der Waals surface area contributed by atoms with Crippen LogP contribution in [0.15, 0.2) is 53.7 Å². The van der Waals surface area contributed by atoms with Gasteiger partial charge in [0.05, 0.1) is 12.0 Å². The first-order chi connectivity index (χ1) is 12.2. The van der Waals surface area contributed by atoms with E-state index in [1.165, 1.54) is 23.9 Å². The molecule has 1 atom stereocenters. The van der Waals surface area contributed by atoms with E-state index in [4.69, 9.17) is 4.74 Å². The zero-order valence-electron chi connectivity index (χ0n) is 13.1. The van der Waals surface area contributed by atoms with Crippen LogP contribution in [0, 0.1) is 10.1 Å². The number of nitrogens with zero attached hydrogens (tertiary/aromatic N) is 4. The first-order valence-corrected chi connectivity index (χ1v) is 8.31. The number of benzene rings is 2. The molecule has 0 saturated carbocycles. The average molecular weight is 355 g/mol. The molecule has 0 fully saturated rings. The number of hydrogen-bond acceptors (Lipinski definition) is 7. The molecule has 1 aliphatic heterocycles. The molecule has 4 rings (SSSR count). The lowest BCUT2D eigenvalue weighted by atomic mass is 10.2. The molecule has 0 amide bonds. The highest BCUT2D eigenvalue weighted by Crippen LogP contribution is 2.40. The van der Waals surface area contributed by atoms with E-state index in [0.717, 1.165) is 22.0 Å². The lowest BCUT2D eigenvalue weighted by Crippen LogP contribution is -2.13. The molecule has 0 saturated heterocycles. The Labute approximate surface area is 147 Å². The summed E-state index contributed by atoms with van der Waals surface area (Å²) in [5.74, 6) is 1.48. The summed E-state index contributed by atoms with van der Waals surface area (Å²) in [6.07, 6.45) is 0. The summed E-state index contributed by atoms with van der Waals surface area (Å²) >= 11 is 1.51. The number of rotatable bonds is 4. The predicted octanol–water partition coefficient (Wildman–Crippen LogP) is 3.21. The van der Waals surface area contributed by atoms with Crippen molar-refractivity contribution in [1.82, 2.24) is 14.9 Å². The summed E-state index contributed by atoms with van der Waals surface area (Å²) in [5.41, 5.74) is 5.25. The molecule has 3 aromatic rings. The number of aromatic nitrogens is 3. The van der Waals surface area contributed by atoms with E-state index in [-0.39, 0.29) is 11.1 Å². The molecule has 0 radical (unpaired) electrons. The van der Waals surface area contributed by atoms with E-state index in [1.807, 2.05) is 28.9 Å². The minimum absolute atomic E-state index is 0.0741. The molecule has 0 bridgehead atoms. The molecular weight excluding hydrogens is 342 g/mol. The Balaban J connectivity index is 1.58. The van der Waals surface area contributed by atoms with Crippen molar-refractivity contribution < 1.29 is 9.66 Å². The van der Waals surface area contributed by atoms with Gasteiger partial charge in [-0.1, -0.05) is 11.8 Å². The zero-order chi connectivity index (χ0) is 17.4. The Morgan fingerprint density at radius 3 is 2.52 bits per heavy atom. The van der Waals surface area contributed by atoms with Crippen LogP contribution < -0.4 is 10.2 Å².